The maximum absolute atomic E-state index is 12.2. The summed E-state index contributed by atoms with van der Waals surface area (Å²) in [5, 5.41) is 23.1. The van der Waals surface area contributed by atoms with Crippen LogP contribution in [-0.4, -0.2) is 56.1 Å². The van der Waals surface area contributed by atoms with Crippen molar-refractivity contribution in [1.82, 2.24) is 14.7 Å². The van der Waals surface area contributed by atoms with Crippen molar-refractivity contribution in [2.24, 2.45) is 7.05 Å². The fourth-order valence-electron chi connectivity index (χ4n) is 2.08. The molecule has 1 aromatic heterocycles. The van der Waals surface area contributed by atoms with Crippen LogP contribution in [0.5, 0.6) is 0 Å². The number of rotatable bonds is 2. The molecule has 2 rings (SSSR count). The minimum Gasteiger partial charge on any atom is -0.388 e. The molecule has 1 fully saturated rings. The molecule has 0 bridgehead atoms. The van der Waals surface area contributed by atoms with Crippen molar-refractivity contribution < 1.29 is 15.0 Å². The van der Waals surface area contributed by atoms with Crippen molar-refractivity contribution in [3.8, 4) is 0 Å². The number of aromatic nitrogens is 2. The molecular formula is C11H17N3O3. The van der Waals surface area contributed by atoms with E-state index in [1.807, 2.05) is 6.92 Å². The predicted molar refractivity (Wildman–Crippen MR) is 60.5 cm³/mol. The van der Waals surface area contributed by atoms with Gasteiger partial charge in [0.15, 0.2) is 0 Å². The lowest BCUT2D eigenvalue weighted by molar-refractivity contribution is 0.0572. The fourth-order valence-corrected chi connectivity index (χ4v) is 2.08. The van der Waals surface area contributed by atoms with Crippen LogP contribution >= 0.6 is 0 Å². The largest absolute Gasteiger partial charge is 0.388 e. The third kappa shape index (κ3) is 2.18. The molecule has 1 amide bonds. The summed E-state index contributed by atoms with van der Waals surface area (Å²) in [6, 6.07) is 0. The zero-order valence-electron chi connectivity index (χ0n) is 10.00. The van der Waals surface area contributed by atoms with E-state index in [0.29, 0.717) is 12.0 Å². The molecule has 1 aliphatic rings. The van der Waals surface area contributed by atoms with Gasteiger partial charge in [0, 0.05) is 26.3 Å². The summed E-state index contributed by atoms with van der Waals surface area (Å²) >= 11 is 0. The van der Waals surface area contributed by atoms with Gasteiger partial charge in [0.1, 0.15) is 0 Å². The summed E-state index contributed by atoms with van der Waals surface area (Å²) in [7, 11) is 1.77. The van der Waals surface area contributed by atoms with Gasteiger partial charge in [-0.05, 0) is 6.42 Å². The first-order chi connectivity index (χ1) is 8.02. The molecule has 0 radical (unpaired) electrons. The van der Waals surface area contributed by atoms with Crippen LogP contribution in [0, 0.1) is 0 Å². The van der Waals surface area contributed by atoms with Crippen molar-refractivity contribution in [3.63, 3.8) is 0 Å². The van der Waals surface area contributed by atoms with Crippen molar-refractivity contribution in [2.75, 3.05) is 13.1 Å². The average molecular weight is 239 g/mol. The average Bonchev–Trinajstić information content (AvgIpc) is 2.82. The van der Waals surface area contributed by atoms with E-state index in [1.165, 1.54) is 4.90 Å². The number of hydrogen-bond acceptors (Lipinski definition) is 4. The standard InChI is InChI=1S/C11H17N3O3/c1-3-8-7(4-13(2)12-8)11(17)14-5-9(15)10(16)6-14/h4,9-10,15-16H,3,5-6H2,1-2H3. The molecular weight excluding hydrogens is 222 g/mol. The molecule has 2 heterocycles. The minimum atomic E-state index is -0.847. The number of β-amino-alcohol motifs (C(OH)–C–C–N with tert-alkyl or cyclic N) is 2. The number of aliphatic hydroxyl groups excluding tert-OH is 2. The van der Waals surface area contributed by atoms with E-state index in [1.54, 1.807) is 17.9 Å². The van der Waals surface area contributed by atoms with Crippen LogP contribution in [-0.2, 0) is 13.5 Å². The van der Waals surface area contributed by atoms with E-state index in [0.717, 1.165) is 5.69 Å². The smallest absolute Gasteiger partial charge is 0.257 e. The molecule has 1 aromatic rings. The van der Waals surface area contributed by atoms with Crippen LogP contribution < -0.4 is 0 Å². The Labute approximate surface area is 99.5 Å². The molecule has 2 atom stereocenters. The number of aliphatic hydroxyl groups is 2. The Balaban J connectivity index is 2.20. The Bertz CT molecular complexity index is 420. The highest BCUT2D eigenvalue weighted by molar-refractivity contribution is 5.95. The summed E-state index contributed by atoms with van der Waals surface area (Å²) < 4.78 is 1.61. The van der Waals surface area contributed by atoms with Gasteiger partial charge in [-0.1, -0.05) is 6.92 Å². The Morgan fingerprint density at radius 3 is 2.59 bits per heavy atom. The first-order valence-electron chi connectivity index (χ1n) is 5.70. The molecule has 0 spiro atoms. The molecule has 0 saturated carbocycles. The second-order valence-electron chi connectivity index (χ2n) is 4.36. The highest BCUT2D eigenvalue weighted by Crippen LogP contribution is 2.16. The third-order valence-electron chi connectivity index (χ3n) is 3.02. The lowest BCUT2D eigenvalue weighted by atomic mass is 10.2. The molecule has 2 N–H and O–H groups in total. The van der Waals surface area contributed by atoms with Crippen LogP contribution in [0.15, 0.2) is 6.20 Å². The molecule has 2 unspecified atom stereocenters. The summed E-state index contributed by atoms with van der Waals surface area (Å²) in [4.78, 5) is 13.6. The van der Waals surface area contributed by atoms with Gasteiger partial charge >= 0.3 is 0 Å². The van der Waals surface area contributed by atoms with Crippen LogP contribution in [0.2, 0.25) is 0 Å². The monoisotopic (exact) mass is 239 g/mol. The zero-order chi connectivity index (χ0) is 12.6. The van der Waals surface area contributed by atoms with E-state index in [9.17, 15) is 15.0 Å². The molecule has 1 aliphatic heterocycles. The van der Waals surface area contributed by atoms with Gasteiger partial charge in [0.2, 0.25) is 0 Å². The second kappa shape index (κ2) is 4.46. The number of aryl methyl sites for hydroxylation is 2. The zero-order valence-corrected chi connectivity index (χ0v) is 10.00. The Morgan fingerprint density at radius 1 is 1.47 bits per heavy atom. The van der Waals surface area contributed by atoms with Gasteiger partial charge in [0.25, 0.3) is 5.91 Å². The van der Waals surface area contributed by atoms with E-state index in [2.05, 4.69) is 5.10 Å². The quantitative estimate of drug-likeness (QED) is 0.705. The fraction of sp³-hybridized carbons (Fsp3) is 0.636. The molecule has 1 saturated heterocycles. The van der Waals surface area contributed by atoms with Crippen LogP contribution in [0.1, 0.15) is 23.0 Å². The Hall–Kier alpha value is -1.40. The van der Waals surface area contributed by atoms with Crippen molar-refractivity contribution in [1.29, 1.82) is 0 Å². The summed E-state index contributed by atoms with van der Waals surface area (Å²) in [6.07, 6.45) is 0.667. The number of hydrogen-bond donors (Lipinski definition) is 2. The Kier molecular flexibility index (Phi) is 3.17. The van der Waals surface area contributed by atoms with Gasteiger partial charge in [-0.2, -0.15) is 5.10 Å². The summed E-state index contributed by atoms with van der Waals surface area (Å²) in [5.41, 5.74) is 1.30. The normalized spacial score (nSPS) is 24.4. The highest BCUT2D eigenvalue weighted by Gasteiger charge is 2.34. The highest BCUT2D eigenvalue weighted by atomic mass is 16.3. The number of carbonyl (C=O) groups excluding carboxylic acids is 1. The maximum atomic E-state index is 12.2. The number of nitrogens with zero attached hydrogens (tertiary/aromatic N) is 3. The number of amides is 1. The number of likely N-dealkylation sites (tertiary alicyclic amines) is 1. The third-order valence-corrected chi connectivity index (χ3v) is 3.02. The van der Waals surface area contributed by atoms with E-state index >= 15 is 0 Å². The molecule has 0 aromatic carbocycles. The minimum absolute atomic E-state index is 0.175. The molecule has 6 nitrogen and oxygen atoms in total. The molecule has 17 heavy (non-hydrogen) atoms. The van der Waals surface area contributed by atoms with Crippen LogP contribution in [0.4, 0.5) is 0 Å². The van der Waals surface area contributed by atoms with E-state index in [-0.39, 0.29) is 19.0 Å². The first-order valence-corrected chi connectivity index (χ1v) is 5.70. The summed E-state index contributed by atoms with van der Waals surface area (Å²) in [6.45, 7) is 2.29. The van der Waals surface area contributed by atoms with Crippen LogP contribution in [0.3, 0.4) is 0 Å². The van der Waals surface area contributed by atoms with E-state index in [4.69, 9.17) is 0 Å². The van der Waals surface area contributed by atoms with Gasteiger partial charge in [0.05, 0.1) is 23.5 Å². The lowest BCUT2D eigenvalue weighted by Crippen LogP contribution is -2.30. The molecule has 0 aliphatic carbocycles. The number of carbonyl (C=O) groups is 1. The van der Waals surface area contributed by atoms with Gasteiger partial charge in [-0.15, -0.1) is 0 Å². The van der Waals surface area contributed by atoms with Crippen molar-refractivity contribution in [2.45, 2.75) is 25.6 Å². The molecule has 6 heteroatoms. The molecule has 94 valence electrons. The van der Waals surface area contributed by atoms with Gasteiger partial charge < -0.3 is 15.1 Å². The predicted octanol–water partition coefficient (Wildman–Crippen LogP) is -0.840. The van der Waals surface area contributed by atoms with Gasteiger partial charge in [-0.3, -0.25) is 9.48 Å². The van der Waals surface area contributed by atoms with Crippen molar-refractivity contribution >= 4 is 5.91 Å². The topological polar surface area (TPSA) is 78.6 Å². The van der Waals surface area contributed by atoms with Crippen LogP contribution in [0.25, 0.3) is 0 Å². The van der Waals surface area contributed by atoms with E-state index < -0.39 is 12.2 Å². The maximum Gasteiger partial charge on any atom is 0.257 e. The second-order valence-corrected chi connectivity index (χ2v) is 4.36. The SMILES string of the molecule is CCc1nn(C)cc1C(=O)N1CC(O)C(O)C1. The lowest BCUT2D eigenvalue weighted by Gasteiger charge is -2.14. The summed E-state index contributed by atoms with van der Waals surface area (Å²) in [5.74, 6) is -0.175. The Morgan fingerprint density at radius 2 is 2.06 bits per heavy atom. The van der Waals surface area contributed by atoms with Gasteiger partial charge in [-0.25, -0.2) is 0 Å². The van der Waals surface area contributed by atoms with Crippen molar-refractivity contribution in [3.05, 3.63) is 17.5 Å². The first kappa shape index (κ1) is 12.1.